The van der Waals surface area contributed by atoms with Crippen molar-refractivity contribution in [2.75, 3.05) is 17.9 Å². The fraction of sp³-hybridized carbons (Fsp3) is 0.350. The van der Waals surface area contributed by atoms with E-state index in [9.17, 15) is 13.2 Å². The number of hydrogen-bond acceptors (Lipinski definition) is 4. The van der Waals surface area contributed by atoms with Crippen LogP contribution >= 0.6 is 0 Å². The van der Waals surface area contributed by atoms with Crippen molar-refractivity contribution in [3.63, 3.8) is 0 Å². The lowest BCUT2D eigenvalue weighted by molar-refractivity contribution is -0.122. The van der Waals surface area contributed by atoms with Crippen LogP contribution in [0.2, 0.25) is 0 Å². The van der Waals surface area contributed by atoms with Gasteiger partial charge in [-0.3, -0.25) is 9.52 Å². The fourth-order valence-electron chi connectivity index (χ4n) is 3.14. The Hall–Kier alpha value is -2.54. The zero-order chi connectivity index (χ0) is 19.3. The second-order valence-electron chi connectivity index (χ2n) is 6.51. The van der Waals surface area contributed by atoms with Crippen LogP contribution in [0.3, 0.4) is 0 Å². The number of amides is 1. The molecule has 27 heavy (non-hydrogen) atoms. The molecule has 0 saturated heterocycles. The van der Waals surface area contributed by atoms with E-state index in [1.165, 1.54) is 5.56 Å². The van der Waals surface area contributed by atoms with Crippen LogP contribution in [-0.2, 0) is 27.7 Å². The first-order valence-electron chi connectivity index (χ1n) is 9.12. The minimum Gasteiger partial charge on any atom is -0.484 e. The molecule has 0 aromatic heterocycles. The Morgan fingerprint density at radius 2 is 1.85 bits per heavy atom. The number of sulfonamides is 1. The monoisotopic (exact) mass is 388 g/mol. The average Bonchev–Trinajstić information content (AvgIpc) is 2.66. The van der Waals surface area contributed by atoms with Gasteiger partial charge in [0.05, 0.1) is 10.6 Å². The van der Waals surface area contributed by atoms with Gasteiger partial charge in [-0.1, -0.05) is 12.1 Å². The van der Waals surface area contributed by atoms with Crippen LogP contribution in [0.4, 0.5) is 5.69 Å². The third-order valence-corrected chi connectivity index (χ3v) is 5.84. The van der Waals surface area contributed by atoms with E-state index < -0.39 is 10.0 Å². The molecule has 0 spiro atoms. The molecule has 6 nitrogen and oxygen atoms in total. The van der Waals surface area contributed by atoms with Crippen molar-refractivity contribution >= 4 is 21.6 Å². The number of carbonyl (C=O) groups is 1. The molecule has 2 aromatic rings. The molecule has 0 unspecified atom stereocenters. The largest absolute Gasteiger partial charge is 0.484 e. The number of benzene rings is 2. The first kappa shape index (κ1) is 19.2. The molecule has 0 aliphatic heterocycles. The van der Waals surface area contributed by atoms with E-state index in [4.69, 9.17) is 4.74 Å². The van der Waals surface area contributed by atoms with Gasteiger partial charge in [-0.25, -0.2) is 8.42 Å². The number of likely N-dealkylation sites (N-methyl/N-ethyl adjacent to an activating group) is 1. The highest BCUT2D eigenvalue weighted by Crippen LogP contribution is 2.26. The lowest BCUT2D eigenvalue weighted by Gasteiger charge is -2.17. The molecule has 0 fully saturated rings. The van der Waals surface area contributed by atoms with E-state index in [0.717, 1.165) is 31.2 Å². The molecule has 0 atom stereocenters. The maximum Gasteiger partial charge on any atom is 0.261 e. The summed E-state index contributed by atoms with van der Waals surface area (Å²) in [6.45, 7) is 2.24. The number of hydrogen-bond donors (Lipinski definition) is 2. The van der Waals surface area contributed by atoms with Gasteiger partial charge in [0, 0.05) is 12.6 Å². The zero-order valence-corrected chi connectivity index (χ0v) is 16.1. The number of aryl methyl sites for hydroxylation is 2. The van der Waals surface area contributed by atoms with Gasteiger partial charge in [0.15, 0.2) is 6.61 Å². The van der Waals surface area contributed by atoms with E-state index in [-0.39, 0.29) is 17.4 Å². The molecule has 0 heterocycles. The Morgan fingerprint density at radius 3 is 2.63 bits per heavy atom. The molecule has 1 amide bonds. The van der Waals surface area contributed by atoms with Crippen LogP contribution in [-0.4, -0.2) is 27.5 Å². The van der Waals surface area contributed by atoms with Gasteiger partial charge in [0.25, 0.3) is 15.9 Å². The van der Waals surface area contributed by atoms with Crippen molar-refractivity contribution in [1.29, 1.82) is 0 Å². The topological polar surface area (TPSA) is 84.5 Å². The lowest BCUT2D eigenvalue weighted by Crippen LogP contribution is -2.28. The first-order valence-corrected chi connectivity index (χ1v) is 10.6. The third-order valence-electron chi connectivity index (χ3n) is 4.46. The maximum atomic E-state index is 12.7. The number of ether oxygens (including phenoxy) is 1. The highest BCUT2D eigenvalue weighted by Gasteiger charge is 2.18. The molecule has 0 radical (unpaired) electrons. The summed E-state index contributed by atoms with van der Waals surface area (Å²) in [7, 11) is -3.69. The van der Waals surface area contributed by atoms with Crippen LogP contribution in [0.5, 0.6) is 5.75 Å². The number of anilines is 1. The number of nitrogens with one attached hydrogen (secondary N) is 2. The normalized spacial score (nSPS) is 13.5. The van der Waals surface area contributed by atoms with E-state index in [2.05, 4.69) is 10.0 Å². The predicted octanol–water partition coefficient (Wildman–Crippen LogP) is 2.88. The molecule has 1 aliphatic carbocycles. The average molecular weight is 388 g/mol. The predicted molar refractivity (Wildman–Crippen MR) is 105 cm³/mol. The lowest BCUT2D eigenvalue weighted by atomic mass is 9.92. The first-order chi connectivity index (χ1) is 13.0. The SMILES string of the molecule is CCNC(=O)COc1cccc(NS(=O)(=O)c2ccc3c(c2)CCCC3)c1. The van der Waals surface area contributed by atoms with Crippen LogP contribution in [0.1, 0.15) is 30.9 Å². The molecule has 0 saturated carbocycles. The van der Waals surface area contributed by atoms with E-state index in [0.29, 0.717) is 18.0 Å². The molecular formula is C20H24N2O4S. The van der Waals surface area contributed by atoms with Gasteiger partial charge < -0.3 is 10.1 Å². The highest BCUT2D eigenvalue weighted by molar-refractivity contribution is 7.92. The molecule has 2 aromatic carbocycles. The van der Waals surface area contributed by atoms with Gasteiger partial charge in [0.1, 0.15) is 5.75 Å². The molecule has 3 rings (SSSR count). The smallest absolute Gasteiger partial charge is 0.261 e. The summed E-state index contributed by atoms with van der Waals surface area (Å²) in [6, 6.07) is 11.9. The van der Waals surface area contributed by atoms with Gasteiger partial charge in [-0.2, -0.15) is 0 Å². The molecule has 7 heteroatoms. The molecule has 0 bridgehead atoms. The fourth-order valence-corrected chi connectivity index (χ4v) is 4.24. The molecule has 1 aliphatic rings. The molecule has 2 N–H and O–H groups in total. The second-order valence-corrected chi connectivity index (χ2v) is 8.20. The van der Waals surface area contributed by atoms with Gasteiger partial charge in [-0.05, 0) is 68.0 Å². The summed E-state index contributed by atoms with van der Waals surface area (Å²) in [5.41, 5.74) is 2.74. The van der Waals surface area contributed by atoms with Crippen LogP contribution in [0.15, 0.2) is 47.4 Å². The Balaban J connectivity index is 1.72. The van der Waals surface area contributed by atoms with Gasteiger partial charge in [0.2, 0.25) is 0 Å². The third kappa shape index (κ3) is 5.01. The Kier molecular flexibility index (Phi) is 6.01. The summed E-state index contributed by atoms with van der Waals surface area (Å²) in [4.78, 5) is 11.7. The standard InChI is InChI=1S/C20H24N2O4S/c1-2-21-20(23)14-26-18-9-5-8-17(13-18)22-27(24,25)19-11-10-15-6-3-4-7-16(15)12-19/h5,8-13,22H,2-4,6-7,14H2,1H3,(H,21,23). The second kappa shape index (κ2) is 8.43. The Labute approximate surface area is 160 Å². The van der Waals surface area contributed by atoms with Crippen LogP contribution in [0.25, 0.3) is 0 Å². The van der Waals surface area contributed by atoms with E-state index in [1.54, 1.807) is 36.4 Å². The van der Waals surface area contributed by atoms with Crippen LogP contribution in [0, 0.1) is 0 Å². The summed E-state index contributed by atoms with van der Waals surface area (Å²) >= 11 is 0. The zero-order valence-electron chi connectivity index (χ0n) is 15.3. The van der Waals surface area contributed by atoms with Gasteiger partial charge in [-0.15, -0.1) is 0 Å². The summed E-state index contributed by atoms with van der Waals surface area (Å²) < 4.78 is 33.5. The van der Waals surface area contributed by atoms with E-state index in [1.807, 2.05) is 13.0 Å². The Morgan fingerprint density at radius 1 is 1.07 bits per heavy atom. The van der Waals surface area contributed by atoms with Crippen molar-refractivity contribution in [2.24, 2.45) is 0 Å². The number of fused-ring (bicyclic) bond motifs is 1. The number of carbonyl (C=O) groups excluding carboxylic acids is 1. The summed E-state index contributed by atoms with van der Waals surface area (Å²) in [5, 5.41) is 2.64. The van der Waals surface area contributed by atoms with Crippen molar-refractivity contribution < 1.29 is 17.9 Å². The van der Waals surface area contributed by atoms with E-state index >= 15 is 0 Å². The Bertz CT molecular complexity index is 925. The van der Waals surface area contributed by atoms with Crippen molar-refractivity contribution in [3.8, 4) is 5.75 Å². The maximum absolute atomic E-state index is 12.7. The molecular weight excluding hydrogens is 364 g/mol. The molecule has 144 valence electrons. The quantitative estimate of drug-likeness (QED) is 0.764. The highest BCUT2D eigenvalue weighted by atomic mass is 32.2. The summed E-state index contributed by atoms with van der Waals surface area (Å²) in [5.74, 6) is 0.199. The minimum absolute atomic E-state index is 0.116. The number of rotatable bonds is 7. The van der Waals surface area contributed by atoms with Gasteiger partial charge >= 0.3 is 0 Å². The van der Waals surface area contributed by atoms with Crippen molar-refractivity contribution in [1.82, 2.24) is 5.32 Å². The minimum atomic E-state index is -3.69. The van der Waals surface area contributed by atoms with Crippen LogP contribution < -0.4 is 14.8 Å². The summed E-state index contributed by atoms with van der Waals surface area (Å²) in [6.07, 6.45) is 4.17. The van der Waals surface area contributed by atoms with Crippen molar-refractivity contribution in [3.05, 3.63) is 53.6 Å². The van der Waals surface area contributed by atoms with Crippen molar-refractivity contribution in [2.45, 2.75) is 37.5 Å².